The van der Waals surface area contributed by atoms with Gasteiger partial charge in [0.25, 0.3) is 0 Å². The van der Waals surface area contributed by atoms with Crippen molar-refractivity contribution in [2.24, 2.45) is 5.73 Å². The topological polar surface area (TPSA) is 72.6 Å². The second-order valence-electron chi connectivity index (χ2n) is 5.03. The average molecular weight is 284 g/mol. The van der Waals surface area contributed by atoms with E-state index in [2.05, 4.69) is 0 Å². The van der Waals surface area contributed by atoms with Gasteiger partial charge >= 0.3 is 0 Å². The van der Waals surface area contributed by atoms with Gasteiger partial charge in [-0.25, -0.2) is 8.42 Å². The molecule has 1 aromatic carbocycles. The third kappa shape index (κ3) is 2.61. The molecule has 1 saturated heterocycles. The van der Waals surface area contributed by atoms with E-state index in [9.17, 15) is 8.42 Å². The molecular weight excluding hydrogens is 264 g/mol. The number of aryl methyl sites for hydroxylation is 2. The zero-order valence-electron chi connectivity index (χ0n) is 11.5. The van der Waals surface area contributed by atoms with E-state index in [4.69, 9.17) is 10.5 Å². The number of benzene rings is 1. The molecule has 0 unspecified atom stereocenters. The minimum atomic E-state index is -3.53. The van der Waals surface area contributed by atoms with Gasteiger partial charge in [-0.05, 0) is 37.5 Å². The van der Waals surface area contributed by atoms with Gasteiger partial charge in [0.05, 0.1) is 7.11 Å². The van der Waals surface area contributed by atoms with Crippen LogP contribution in [0.1, 0.15) is 17.5 Å². The van der Waals surface area contributed by atoms with Gasteiger partial charge in [0.2, 0.25) is 10.0 Å². The lowest BCUT2D eigenvalue weighted by molar-refractivity contribution is 0.397. The fourth-order valence-corrected chi connectivity index (χ4v) is 4.35. The normalized spacial score (nSPS) is 20.7. The first-order valence-corrected chi connectivity index (χ1v) is 7.71. The highest BCUT2D eigenvalue weighted by molar-refractivity contribution is 7.89. The van der Waals surface area contributed by atoms with Crippen LogP contribution in [0.4, 0.5) is 0 Å². The summed E-state index contributed by atoms with van der Waals surface area (Å²) >= 11 is 0. The minimum Gasteiger partial charge on any atom is -0.495 e. The second kappa shape index (κ2) is 5.11. The lowest BCUT2D eigenvalue weighted by Crippen LogP contribution is -2.32. The van der Waals surface area contributed by atoms with E-state index in [1.54, 1.807) is 13.0 Å². The Hall–Kier alpha value is -1.11. The van der Waals surface area contributed by atoms with Crippen LogP contribution in [0.3, 0.4) is 0 Å². The van der Waals surface area contributed by atoms with E-state index in [1.807, 2.05) is 13.0 Å². The third-order valence-electron chi connectivity index (χ3n) is 3.39. The van der Waals surface area contributed by atoms with Crippen LogP contribution in [0.5, 0.6) is 5.75 Å². The molecule has 19 heavy (non-hydrogen) atoms. The van der Waals surface area contributed by atoms with E-state index in [0.717, 1.165) is 5.56 Å². The summed E-state index contributed by atoms with van der Waals surface area (Å²) in [6.07, 6.45) is 0.701. The molecule has 0 amide bonds. The van der Waals surface area contributed by atoms with E-state index in [0.29, 0.717) is 30.8 Å². The average Bonchev–Trinajstić information content (AvgIpc) is 2.74. The lowest BCUT2D eigenvalue weighted by atomic mass is 10.1. The van der Waals surface area contributed by atoms with Gasteiger partial charge in [0.1, 0.15) is 10.6 Å². The highest BCUT2D eigenvalue weighted by Gasteiger charge is 2.34. The monoisotopic (exact) mass is 284 g/mol. The summed E-state index contributed by atoms with van der Waals surface area (Å²) < 4.78 is 32.0. The molecule has 5 nitrogen and oxygen atoms in total. The Bertz CT molecular complexity index is 584. The van der Waals surface area contributed by atoms with Crippen LogP contribution in [0.25, 0.3) is 0 Å². The number of ether oxygens (including phenoxy) is 1. The predicted molar refractivity (Wildman–Crippen MR) is 73.8 cm³/mol. The van der Waals surface area contributed by atoms with Crippen LogP contribution in [-0.2, 0) is 10.0 Å². The SMILES string of the molecule is COc1cc(C)cc(C)c1S(=O)(=O)N1CC[C@@H](N)C1. The zero-order valence-corrected chi connectivity index (χ0v) is 12.3. The molecule has 2 rings (SSSR count). The molecule has 1 fully saturated rings. The molecule has 0 aliphatic carbocycles. The van der Waals surface area contributed by atoms with Crippen molar-refractivity contribution in [2.45, 2.75) is 31.2 Å². The molecular formula is C13H20N2O3S. The van der Waals surface area contributed by atoms with Gasteiger partial charge in [0.15, 0.2) is 0 Å². The molecule has 0 spiro atoms. The van der Waals surface area contributed by atoms with Crippen molar-refractivity contribution in [3.05, 3.63) is 23.3 Å². The van der Waals surface area contributed by atoms with Gasteiger partial charge in [-0.15, -0.1) is 0 Å². The van der Waals surface area contributed by atoms with Crippen molar-refractivity contribution < 1.29 is 13.2 Å². The molecule has 6 heteroatoms. The third-order valence-corrected chi connectivity index (χ3v) is 5.44. The Morgan fingerprint density at radius 2 is 2.05 bits per heavy atom. The van der Waals surface area contributed by atoms with Crippen molar-refractivity contribution >= 4 is 10.0 Å². The molecule has 0 saturated carbocycles. The number of hydrogen-bond acceptors (Lipinski definition) is 4. The fourth-order valence-electron chi connectivity index (χ4n) is 2.50. The highest BCUT2D eigenvalue weighted by Crippen LogP contribution is 2.32. The molecule has 0 radical (unpaired) electrons. The fraction of sp³-hybridized carbons (Fsp3) is 0.538. The van der Waals surface area contributed by atoms with E-state index < -0.39 is 10.0 Å². The molecule has 106 valence electrons. The van der Waals surface area contributed by atoms with Crippen LogP contribution in [0.2, 0.25) is 0 Å². The Morgan fingerprint density at radius 3 is 2.58 bits per heavy atom. The predicted octanol–water partition coefficient (Wildman–Crippen LogP) is 1.03. The van der Waals surface area contributed by atoms with Gasteiger partial charge < -0.3 is 10.5 Å². The lowest BCUT2D eigenvalue weighted by Gasteiger charge is -2.20. The first-order chi connectivity index (χ1) is 8.86. The van der Waals surface area contributed by atoms with Crippen LogP contribution in [-0.4, -0.2) is 39.0 Å². The van der Waals surface area contributed by atoms with Gasteiger partial charge in [0, 0.05) is 19.1 Å². The summed E-state index contributed by atoms with van der Waals surface area (Å²) in [4.78, 5) is 0.259. The minimum absolute atomic E-state index is 0.0773. The van der Waals surface area contributed by atoms with Crippen molar-refractivity contribution in [2.75, 3.05) is 20.2 Å². The van der Waals surface area contributed by atoms with Crippen molar-refractivity contribution in [1.29, 1.82) is 0 Å². The Balaban J connectivity index is 2.51. The van der Waals surface area contributed by atoms with Crippen LogP contribution < -0.4 is 10.5 Å². The molecule has 1 aliphatic rings. The first kappa shape index (κ1) is 14.3. The summed E-state index contributed by atoms with van der Waals surface area (Å²) in [6, 6.07) is 3.52. The summed E-state index contributed by atoms with van der Waals surface area (Å²) in [7, 11) is -2.04. The number of nitrogens with two attached hydrogens (primary N) is 1. The largest absolute Gasteiger partial charge is 0.495 e. The van der Waals surface area contributed by atoms with Crippen LogP contribution in [0.15, 0.2) is 17.0 Å². The van der Waals surface area contributed by atoms with E-state index in [-0.39, 0.29) is 10.9 Å². The molecule has 1 atom stereocenters. The summed E-state index contributed by atoms with van der Waals surface area (Å²) in [5.41, 5.74) is 7.48. The van der Waals surface area contributed by atoms with Gasteiger partial charge in [-0.1, -0.05) is 6.07 Å². The molecule has 1 aliphatic heterocycles. The number of rotatable bonds is 3. The molecule has 0 bridgehead atoms. The summed E-state index contributed by atoms with van der Waals surface area (Å²) in [5.74, 6) is 0.401. The van der Waals surface area contributed by atoms with E-state index >= 15 is 0 Å². The number of nitrogens with zero attached hydrogens (tertiary/aromatic N) is 1. The highest BCUT2D eigenvalue weighted by atomic mass is 32.2. The summed E-state index contributed by atoms with van der Waals surface area (Å²) in [5, 5.41) is 0. The van der Waals surface area contributed by atoms with Crippen molar-refractivity contribution in [3.63, 3.8) is 0 Å². The van der Waals surface area contributed by atoms with Gasteiger partial charge in [-0.2, -0.15) is 4.31 Å². The Morgan fingerprint density at radius 1 is 1.37 bits per heavy atom. The molecule has 2 N–H and O–H groups in total. The van der Waals surface area contributed by atoms with Gasteiger partial charge in [-0.3, -0.25) is 0 Å². The molecule has 0 aromatic heterocycles. The molecule has 1 heterocycles. The number of methoxy groups -OCH3 is 1. The number of sulfonamides is 1. The number of hydrogen-bond donors (Lipinski definition) is 1. The maximum Gasteiger partial charge on any atom is 0.247 e. The molecule has 1 aromatic rings. The smallest absolute Gasteiger partial charge is 0.247 e. The first-order valence-electron chi connectivity index (χ1n) is 6.27. The second-order valence-corrected chi connectivity index (χ2v) is 6.90. The summed E-state index contributed by atoms with van der Waals surface area (Å²) in [6.45, 7) is 4.55. The Kier molecular flexibility index (Phi) is 3.85. The van der Waals surface area contributed by atoms with Crippen LogP contribution >= 0.6 is 0 Å². The maximum atomic E-state index is 12.7. The quantitative estimate of drug-likeness (QED) is 0.900. The Labute approximate surface area is 114 Å². The van der Waals surface area contributed by atoms with Crippen molar-refractivity contribution in [1.82, 2.24) is 4.31 Å². The standard InChI is InChI=1S/C13H20N2O3S/c1-9-6-10(2)13(12(7-9)18-3)19(16,17)15-5-4-11(14)8-15/h6-7,11H,4-5,8,14H2,1-3H3/t11-/m1/s1. The van der Waals surface area contributed by atoms with Crippen LogP contribution in [0, 0.1) is 13.8 Å². The van der Waals surface area contributed by atoms with E-state index in [1.165, 1.54) is 11.4 Å². The van der Waals surface area contributed by atoms with Crippen molar-refractivity contribution in [3.8, 4) is 5.75 Å². The zero-order chi connectivity index (χ0) is 14.2. The maximum absolute atomic E-state index is 12.7.